The molecule has 3 rings (SSSR count). The first-order valence-electron chi connectivity index (χ1n) is 6.07. The van der Waals surface area contributed by atoms with E-state index in [4.69, 9.17) is 0 Å². The summed E-state index contributed by atoms with van der Waals surface area (Å²) in [4.78, 5) is 6.99. The molecule has 0 N–H and O–H groups in total. The van der Waals surface area contributed by atoms with E-state index in [1.807, 2.05) is 24.0 Å². The molecular weight excluding hydrogens is 228 g/mol. The number of fused-ring (bicyclic) bond motifs is 1. The number of rotatable bonds is 2. The lowest BCUT2D eigenvalue weighted by Crippen LogP contribution is -2.17. The van der Waals surface area contributed by atoms with Crippen molar-refractivity contribution < 1.29 is 0 Å². The molecule has 0 aromatic heterocycles. The molecular formula is C14H16N2S. The van der Waals surface area contributed by atoms with Crippen LogP contribution in [-0.2, 0) is 0 Å². The van der Waals surface area contributed by atoms with Crippen LogP contribution in [0.4, 0.5) is 5.69 Å². The van der Waals surface area contributed by atoms with Crippen molar-refractivity contribution in [2.75, 3.05) is 19.3 Å². The highest BCUT2D eigenvalue weighted by atomic mass is 32.2. The predicted molar refractivity (Wildman–Crippen MR) is 75.8 cm³/mol. The van der Waals surface area contributed by atoms with Crippen LogP contribution in [0.15, 0.2) is 34.3 Å². The van der Waals surface area contributed by atoms with E-state index in [1.165, 1.54) is 42.1 Å². The van der Waals surface area contributed by atoms with Gasteiger partial charge in [-0.15, -0.1) is 11.8 Å². The molecule has 0 atom stereocenters. The van der Waals surface area contributed by atoms with E-state index in [9.17, 15) is 0 Å². The van der Waals surface area contributed by atoms with Gasteiger partial charge in [-0.3, -0.25) is 4.99 Å². The predicted octanol–water partition coefficient (Wildman–Crippen LogP) is 3.53. The topological polar surface area (TPSA) is 15.6 Å². The maximum Gasteiger partial charge on any atom is 0.0801 e. The third-order valence-electron chi connectivity index (χ3n) is 3.34. The molecule has 0 bridgehead atoms. The van der Waals surface area contributed by atoms with Gasteiger partial charge in [0.2, 0.25) is 0 Å². The fourth-order valence-electron chi connectivity index (χ4n) is 2.52. The van der Waals surface area contributed by atoms with Gasteiger partial charge in [0.1, 0.15) is 0 Å². The maximum atomic E-state index is 4.50. The quantitative estimate of drug-likeness (QED) is 0.791. The number of hydrogen-bond acceptors (Lipinski definition) is 3. The number of para-hydroxylation sites is 1. The Morgan fingerprint density at radius 2 is 2.00 bits per heavy atom. The van der Waals surface area contributed by atoms with Gasteiger partial charge in [-0.05, 0) is 25.2 Å². The van der Waals surface area contributed by atoms with Crippen molar-refractivity contribution in [2.24, 2.45) is 4.99 Å². The van der Waals surface area contributed by atoms with E-state index in [0.717, 1.165) is 5.69 Å². The van der Waals surface area contributed by atoms with Gasteiger partial charge in [-0.2, -0.15) is 0 Å². The van der Waals surface area contributed by atoms with Crippen molar-refractivity contribution in [1.29, 1.82) is 0 Å². The number of allylic oxidation sites excluding steroid dienone is 1. The van der Waals surface area contributed by atoms with Gasteiger partial charge in [0, 0.05) is 30.4 Å². The van der Waals surface area contributed by atoms with E-state index in [0.29, 0.717) is 0 Å². The van der Waals surface area contributed by atoms with Gasteiger partial charge >= 0.3 is 0 Å². The number of nitrogens with zero attached hydrogens (tertiary/aromatic N) is 2. The number of hydrogen-bond donors (Lipinski definition) is 0. The summed E-state index contributed by atoms with van der Waals surface area (Å²) in [6.07, 6.45) is 6.82. The molecule has 1 fully saturated rings. The van der Waals surface area contributed by atoms with Gasteiger partial charge in [0.05, 0.1) is 10.7 Å². The molecule has 17 heavy (non-hydrogen) atoms. The second-order valence-electron chi connectivity index (χ2n) is 4.39. The molecule has 1 saturated heterocycles. The van der Waals surface area contributed by atoms with Crippen molar-refractivity contribution >= 4 is 29.2 Å². The van der Waals surface area contributed by atoms with Crippen molar-refractivity contribution in [3.8, 4) is 0 Å². The van der Waals surface area contributed by atoms with Crippen LogP contribution < -0.4 is 0 Å². The van der Waals surface area contributed by atoms with E-state index >= 15 is 0 Å². The summed E-state index contributed by atoms with van der Waals surface area (Å²) >= 11 is 1.84. The number of likely N-dealkylation sites (tertiary alicyclic amines) is 1. The Labute approximate surface area is 106 Å². The van der Waals surface area contributed by atoms with Crippen molar-refractivity contribution in [1.82, 2.24) is 4.90 Å². The smallest absolute Gasteiger partial charge is 0.0801 e. The SMILES string of the molecule is CS/C(=C1/C=Nc2ccccc21)N1CCCC1. The average molecular weight is 244 g/mol. The minimum atomic E-state index is 1.10. The number of benzene rings is 1. The zero-order valence-corrected chi connectivity index (χ0v) is 10.8. The van der Waals surface area contributed by atoms with Crippen LogP contribution in [-0.4, -0.2) is 30.5 Å². The monoisotopic (exact) mass is 244 g/mol. The Hall–Kier alpha value is -1.22. The van der Waals surface area contributed by atoms with E-state index in [-0.39, 0.29) is 0 Å². The second-order valence-corrected chi connectivity index (χ2v) is 5.19. The molecule has 0 radical (unpaired) electrons. The summed E-state index contributed by atoms with van der Waals surface area (Å²) < 4.78 is 0. The van der Waals surface area contributed by atoms with Crippen molar-refractivity contribution in [3.63, 3.8) is 0 Å². The molecule has 2 nitrogen and oxygen atoms in total. The molecule has 1 aromatic rings. The summed E-state index contributed by atoms with van der Waals surface area (Å²) in [5, 5.41) is 1.39. The highest BCUT2D eigenvalue weighted by molar-refractivity contribution is 8.02. The first-order chi connectivity index (χ1) is 8.40. The lowest BCUT2D eigenvalue weighted by molar-refractivity contribution is 0.459. The molecule has 88 valence electrons. The molecule has 1 aromatic carbocycles. The van der Waals surface area contributed by atoms with E-state index in [2.05, 4.69) is 34.3 Å². The van der Waals surface area contributed by atoms with Gasteiger partial charge in [-0.1, -0.05) is 18.2 Å². The van der Waals surface area contributed by atoms with Crippen LogP contribution in [0.2, 0.25) is 0 Å². The highest BCUT2D eigenvalue weighted by Crippen LogP contribution is 2.37. The van der Waals surface area contributed by atoms with Gasteiger partial charge in [0.15, 0.2) is 0 Å². The molecule has 2 aliphatic rings. The Bertz CT molecular complexity index is 485. The maximum absolute atomic E-state index is 4.50. The molecule has 0 amide bonds. The van der Waals surface area contributed by atoms with Crippen LogP contribution in [0.1, 0.15) is 18.4 Å². The fourth-order valence-corrected chi connectivity index (χ4v) is 3.34. The lowest BCUT2D eigenvalue weighted by atomic mass is 10.1. The Morgan fingerprint density at radius 3 is 2.76 bits per heavy atom. The highest BCUT2D eigenvalue weighted by Gasteiger charge is 2.21. The normalized spacial score (nSPS) is 20.9. The number of aliphatic imine (C=N–C) groups is 1. The summed E-state index contributed by atoms with van der Waals surface area (Å²) in [5.74, 6) is 0. The number of thioether (sulfide) groups is 1. The second kappa shape index (κ2) is 4.57. The first-order valence-corrected chi connectivity index (χ1v) is 7.29. The van der Waals surface area contributed by atoms with Crippen molar-refractivity contribution in [2.45, 2.75) is 12.8 Å². The minimum absolute atomic E-state index is 1.10. The van der Waals surface area contributed by atoms with Crippen molar-refractivity contribution in [3.05, 3.63) is 34.9 Å². The molecule has 2 heterocycles. The van der Waals surface area contributed by atoms with E-state index < -0.39 is 0 Å². The van der Waals surface area contributed by atoms with Crippen LogP contribution in [0.25, 0.3) is 5.57 Å². The first kappa shape index (κ1) is 10.9. The molecule has 0 unspecified atom stereocenters. The van der Waals surface area contributed by atoms with Crippen LogP contribution in [0.3, 0.4) is 0 Å². The third kappa shape index (κ3) is 1.89. The fraction of sp³-hybridized carbons (Fsp3) is 0.357. The molecule has 0 aliphatic carbocycles. The average Bonchev–Trinajstić information content (AvgIpc) is 3.01. The molecule has 3 heteroatoms. The standard InChI is InChI=1S/C14H16N2S/c1-17-14(16-8-4-5-9-16)12-10-15-13-7-3-2-6-11(12)13/h2-3,6-7,10H,4-5,8-9H2,1H3/b14-12-. The summed E-state index contributed by atoms with van der Waals surface area (Å²) in [5.41, 5.74) is 3.69. The molecule has 0 spiro atoms. The summed E-state index contributed by atoms with van der Waals surface area (Å²) in [6.45, 7) is 2.38. The lowest BCUT2D eigenvalue weighted by Gasteiger charge is -2.21. The van der Waals surface area contributed by atoms with Gasteiger partial charge < -0.3 is 4.90 Å². The Kier molecular flexibility index (Phi) is 2.93. The Morgan fingerprint density at radius 1 is 1.24 bits per heavy atom. The van der Waals surface area contributed by atoms with Gasteiger partial charge in [0.25, 0.3) is 0 Å². The van der Waals surface area contributed by atoms with Gasteiger partial charge in [-0.25, -0.2) is 0 Å². The molecule has 0 saturated carbocycles. The summed E-state index contributed by atoms with van der Waals surface area (Å²) in [7, 11) is 0. The Balaban J connectivity index is 2.05. The summed E-state index contributed by atoms with van der Waals surface area (Å²) in [6, 6.07) is 8.40. The van der Waals surface area contributed by atoms with Crippen LogP contribution in [0, 0.1) is 0 Å². The molecule has 2 aliphatic heterocycles. The van der Waals surface area contributed by atoms with Crippen LogP contribution in [0.5, 0.6) is 0 Å². The van der Waals surface area contributed by atoms with Crippen LogP contribution >= 0.6 is 11.8 Å². The largest absolute Gasteiger partial charge is 0.366 e. The van der Waals surface area contributed by atoms with E-state index in [1.54, 1.807) is 0 Å². The zero-order chi connectivity index (χ0) is 11.7. The minimum Gasteiger partial charge on any atom is -0.366 e. The third-order valence-corrected chi connectivity index (χ3v) is 4.21. The zero-order valence-electron chi connectivity index (χ0n) is 10.0.